The molecule has 0 saturated heterocycles. The lowest BCUT2D eigenvalue weighted by Gasteiger charge is -2.16. The molecule has 0 aromatic heterocycles. The van der Waals surface area contributed by atoms with Crippen molar-refractivity contribution in [3.8, 4) is 5.75 Å². The summed E-state index contributed by atoms with van der Waals surface area (Å²) >= 11 is 3.31. The van der Waals surface area contributed by atoms with Gasteiger partial charge >= 0.3 is 0 Å². The summed E-state index contributed by atoms with van der Waals surface area (Å²) in [5.74, 6) is 0.114. The Balaban J connectivity index is 2.92. The maximum absolute atomic E-state index is 11.6. The predicted molar refractivity (Wildman–Crippen MR) is 72.9 cm³/mol. The summed E-state index contributed by atoms with van der Waals surface area (Å²) in [5.41, 5.74) is 0.467. The number of nitrogens with one attached hydrogen (secondary N) is 1. The number of hydrogen-bond donors (Lipinski definition) is 1. The quantitative estimate of drug-likeness (QED) is 0.850. The number of Topliss-reactive ketones (excluding diaryl/α,β-unsaturated/α-hetero) is 1. The minimum Gasteiger partial charge on any atom is -0.480 e. The molecule has 1 amide bonds. The third-order valence-electron chi connectivity index (χ3n) is 2.35. The monoisotopic (exact) mass is 313 g/mol. The minimum absolute atomic E-state index is 0.0967. The van der Waals surface area contributed by atoms with Crippen LogP contribution in [0.2, 0.25) is 0 Å². The highest BCUT2D eigenvalue weighted by Gasteiger charge is 2.17. The fourth-order valence-corrected chi connectivity index (χ4v) is 1.79. The Hall–Kier alpha value is -1.36. The Bertz CT molecular complexity index is 460. The van der Waals surface area contributed by atoms with Crippen LogP contribution in [0, 0.1) is 0 Å². The molecule has 0 aliphatic rings. The van der Waals surface area contributed by atoms with E-state index in [4.69, 9.17) is 4.74 Å². The van der Waals surface area contributed by atoms with Crippen LogP contribution in [-0.2, 0) is 4.79 Å². The van der Waals surface area contributed by atoms with Crippen molar-refractivity contribution in [3.63, 3.8) is 0 Å². The number of halogens is 1. The second-order valence-electron chi connectivity index (χ2n) is 3.85. The Morgan fingerprint density at radius 1 is 1.44 bits per heavy atom. The van der Waals surface area contributed by atoms with E-state index in [0.29, 0.717) is 17.9 Å². The van der Waals surface area contributed by atoms with Crippen LogP contribution in [-0.4, -0.2) is 24.3 Å². The van der Waals surface area contributed by atoms with Crippen LogP contribution in [0.5, 0.6) is 5.75 Å². The van der Waals surface area contributed by atoms with E-state index in [2.05, 4.69) is 21.2 Å². The van der Waals surface area contributed by atoms with Crippen LogP contribution in [0.15, 0.2) is 22.7 Å². The summed E-state index contributed by atoms with van der Waals surface area (Å²) in [6, 6.07) is 5.12. The highest BCUT2D eigenvalue weighted by Crippen LogP contribution is 2.25. The lowest BCUT2D eigenvalue weighted by atomic mass is 10.1. The molecule has 1 rings (SSSR count). The average molecular weight is 314 g/mol. The lowest BCUT2D eigenvalue weighted by molar-refractivity contribution is -0.127. The molecule has 0 spiro atoms. The number of carbonyl (C=O) groups excluding carboxylic acids is 2. The van der Waals surface area contributed by atoms with Crippen LogP contribution < -0.4 is 10.1 Å². The van der Waals surface area contributed by atoms with Crippen molar-refractivity contribution >= 4 is 27.6 Å². The third kappa shape index (κ3) is 3.84. The van der Waals surface area contributed by atoms with Crippen molar-refractivity contribution in [2.45, 2.75) is 26.9 Å². The van der Waals surface area contributed by atoms with E-state index in [-0.39, 0.29) is 11.7 Å². The van der Waals surface area contributed by atoms with Crippen molar-refractivity contribution in [2.24, 2.45) is 0 Å². The first-order valence-electron chi connectivity index (χ1n) is 5.70. The Labute approximate surface area is 115 Å². The van der Waals surface area contributed by atoms with Gasteiger partial charge in [0.2, 0.25) is 0 Å². The van der Waals surface area contributed by atoms with Crippen LogP contribution in [0.1, 0.15) is 31.1 Å². The molecule has 1 N–H and O–H groups in total. The molecule has 0 aliphatic heterocycles. The van der Waals surface area contributed by atoms with E-state index in [1.807, 2.05) is 6.92 Å². The summed E-state index contributed by atoms with van der Waals surface area (Å²) < 4.78 is 6.34. The van der Waals surface area contributed by atoms with Gasteiger partial charge in [-0.15, -0.1) is 0 Å². The van der Waals surface area contributed by atoms with Gasteiger partial charge in [-0.1, -0.05) is 15.9 Å². The molecule has 4 nitrogen and oxygen atoms in total. The third-order valence-corrected chi connectivity index (χ3v) is 2.84. The van der Waals surface area contributed by atoms with Crippen LogP contribution in [0.4, 0.5) is 0 Å². The van der Waals surface area contributed by atoms with E-state index < -0.39 is 6.10 Å². The fourth-order valence-electron chi connectivity index (χ4n) is 1.45. The molecule has 0 radical (unpaired) electrons. The molecule has 0 saturated carbocycles. The number of ketones is 1. The minimum atomic E-state index is -0.641. The summed E-state index contributed by atoms with van der Waals surface area (Å²) in [5, 5.41) is 2.67. The SMILES string of the molecule is CCNC(=O)C(C)Oc1cc(Br)ccc1C(C)=O. The van der Waals surface area contributed by atoms with Gasteiger partial charge in [-0.2, -0.15) is 0 Å². The van der Waals surface area contributed by atoms with Crippen molar-refractivity contribution in [1.82, 2.24) is 5.32 Å². The molecule has 1 atom stereocenters. The number of rotatable bonds is 5. The molecule has 0 fully saturated rings. The van der Waals surface area contributed by atoms with Gasteiger partial charge in [-0.25, -0.2) is 0 Å². The molecule has 0 bridgehead atoms. The van der Waals surface area contributed by atoms with E-state index in [9.17, 15) is 9.59 Å². The van der Waals surface area contributed by atoms with Crippen LogP contribution in [0.25, 0.3) is 0 Å². The van der Waals surface area contributed by atoms with Gasteiger partial charge < -0.3 is 10.1 Å². The zero-order chi connectivity index (χ0) is 13.7. The van der Waals surface area contributed by atoms with E-state index >= 15 is 0 Å². The van der Waals surface area contributed by atoms with Crippen molar-refractivity contribution in [3.05, 3.63) is 28.2 Å². The molecular weight excluding hydrogens is 298 g/mol. The van der Waals surface area contributed by atoms with Crippen molar-refractivity contribution in [2.75, 3.05) is 6.54 Å². The molecule has 0 aliphatic carbocycles. The highest BCUT2D eigenvalue weighted by atomic mass is 79.9. The van der Waals surface area contributed by atoms with Crippen molar-refractivity contribution < 1.29 is 14.3 Å². The Kier molecular flexibility index (Phi) is 5.34. The molecule has 5 heteroatoms. The number of ether oxygens (including phenoxy) is 1. The van der Waals surface area contributed by atoms with Gasteiger partial charge in [-0.3, -0.25) is 9.59 Å². The largest absolute Gasteiger partial charge is 0.480 e. The standard InChI is InChI=1S/C13H16BrNO3/c1-4-15-13(17)9(3)18-12-7-10(14)5-6-11(12)8(2)16/h5-7,9H,4H2,1-3H3,(H,15,17). The first kappa shape index (κ1) is 14.7. The summed E-state index contributed by atoms with van der Waals surface area (Å²) in [4.78, 5) is 23.0. The number of hydrogen-bond acceptors (Lipinski definition) is 3. The number of benzene rings is 1. The molecule has 1 aromatic rings. The second kappa shape index (κ2) is 6.54. The van der Waals surface area contributed by atoms with E-state index in [0.717, 1.165) is 4.47 Å². The van der Waals surface area contributed by atoms with Gasteiger partial charge in [0.25, 0.3) is 5.91 Å². The molecule has 98 valence electrons. The maximum atomic E-state index is 11.6. The first-order chi connectivity index (χ1) is 8.45. The van der Waals surface area contributed by atoms with Gasteiger partial charge in [0.15, 0.2) is 11.9 Å². The Morgan fingerprint density at radius 2 is 2.11 bits per heavy atom. The second-order valence-corrected chi connectivity index (χ2v) is 4.77. The zero-order valence-electron chi connectivity index (χ0n) is 10.6. The molecular formula is C13H16BrNO3. The van der Waals surface area contributed by atoms with E-state index in [1.54, 1.807) is 25.1 Å². The highest BCUT2D eigenvalue weighted by molar-refractivity contribution is 9.10. The van der Waals surface area contributed by atoms with Gasteiger partial charge in [0.1, 0.15) is 5.75 Å². The molecule has 0 heterocycles. The molecule has 1 unspecified atom stereocenters. The topological polar surface area (TPSA) is 55.4 Å². The van der Waals surface area contributed by atoms with Gasteiger partial charge in [0, 0.05) is 11.0 Å². The predicted octanol–water partition coefficient (Wildman–Crippen LogP) is 2.56. The molecule has 1 aromatic carbocycles. The van der Waals surface area contributed by atoms with Crippen LogP contribution in [0.3, 0.4) is 0 Å². The maximum Gasteiger partial charge on any atom is 0.260 e. The summed E-state index contributed by atoms with van der Waals surface area (Å²) in [6.07, 6.45) is -0.641. The average Bonchev–Trinajstić information content (AvgIpc) is 2.28. The van der Waals surface area contributed by atoms with Crippen LogP contribution >= 0.6 is 15.9 Å². The van der Waals surface area contributed by atoms with Crippen molar-refractivity contribution in [1.29, 1.82) is 0 Å². The van der Waals surface area contributed by atoms with E-state index in [1.165, 1.54) is 6.92 Å². The number of amides is 1. The zero-order valence-corrected chi connectivity index (χ0v) is 12.2. The first-order valence-corrected chi connectivity index (χ1v) is 6.49. The summed E-state index contributed by atoms with van der Waals surface area (Å²) in [6.45, 7) is 5.50. The number of carbonyl (C=O) groups is 2. The van der Waals surface area contributed by atoms with Gasteiger partial charge in [0.05, 0.1) is 5.56 Å². The van der Waals surface area contributed by atoms with Gasteiger partial charge in [-0.05, 0) is 39.0 Å². The lowest BCUT2D eigenvalue weighted by Crippen LogP contribution is -2.36. The fraction of sp³-hybridized carbons (Fsp3) is 0.385. The number of likely N-dealkylation sites (N-methyl/N-ethyl adjacent to an activating group) is 1. The smallest absolute Gasteiger partial charge is 0.260 e. The summed E-state index contributed by atoms with van der Waals surface area (Å²) in [7, 11) is 0. The molecule has 18 heavy (non-hydrogen) atoms. The normalized spacial score (nSPS) is 11.8. The Morgan fingerprint density at radius 3 is 2.67 bits per heavy atom.